The third-order valence-electron chi connectivity index (χ3n) is 4.56. The van der Waals surface area contributed by atoms with Gasteiger partial charge >= 0.3 is 0 Å². The molecule has 0 atom stereocenters. The zero-order valence-corrected chi connectivity index (χ0v) is 19.0. The van der Waals surface area contributed by atoms with E-state index in [0.717, 1.165) is 17.4 Å². The van der Waals surface area contributed by atoms with E-state index in [1.54, 1.807) is 36.4 Å². The van der Waals surface area contributed by atoms with Gasteiger partial charge in [-0.3, -0.25) is 20.4 Å². The van der Waals surface area contributed by atoms with Crippen molar-refractivity contribution in [3.05, 3.63) is 94.0 Å². The second-order valence-corrected chi connectivity index (χ2v) is 9.53. The van der Waals surface area contributed by atoms with Gasteiger partial charge in [0.1, 0.15) is 12.4 Å². The molecule has 0 saturated carbocycles. The molecule has 166 valence electrons. The van der Waals surface area contributed by atoms with Crippen molar-refractivity contribution in [2.45, 2.75) is 18.4 Å². The minimum atomic E-state index is -3.45. The van der Waals surface area contributed by atoms with Crippen molar-refractivity contribution < 1.29 is 22.7 Å². The van der Waals surface area contributed by atoms with Gasteiger partial charge in [0.2, 0.25) is 0 Å². The van der Waals surface area contributed by atoms with Crippen molar-refractivity contribution >= 4 is 33.3 Å². The van der Waals surface area contributed by atoms with E-state index in [1.807, 2.05) is 13.0 Å². The van der Waals surface area contributed by atoms with Crippen LogP contribution in [-0.4, -0.2) is 26.5 Å². The summed E-state index contributed by atoms with van der Waals surface area (Å²) in [6, 6.07) is 17.7. The molecule has 0 fully saturated rings. The number of nitrogens with one attached hydrogen (secondary N) is 2. The van der Waals surface area contributed by atoms with Crippen molar-refractivity contribution in [2.75, 3.05) is 6.26 Å². The molecule has 2 amide bonds. The Kier molecular flexibility index (Phi) is 7.17. The van der Waals surface area contributed by atoms with E-state index in [9.17, 15) is 18.0 Å². The molecule has 0 unspecified atom stereocenters. The first-order valence-electron chi connectivity index (χ1n) is 9.52. The van der Waals surface area contributed by atoms with Crippen LogP contribution in [0.15, 0.2) is 71.6 Å². The van der Waals surface area contributed by atoms with Gasteiger partial charge < -0.3 is 4.74 Å². The topological polar surface area (TPSA) is 102 Å². The Morgan fingerprint density at radius 1 is 0.906 bits per heavy atom. The van der Waals surface area contributed by atoms with Crippen molar-refractivity contribution in [1.82, 2.24) is 10.9 Å². The molecule has 2 N–H and O–H groups in total. The highest BCUT2D eigenvalue weighted by molar-refractivity contribution is 7.90. The highest BCUT2D eigenvalue weighted by atomic mass is 35.5. The molecule has 9 heteroatoms. The van der Waals surface area contributed by atoms with Gasteiger partial charge in [0.05, 0.1) is 4.90 Å². The lowest BCUT2D eigenvalue weighted by Crippen LogP contribution is -2.41. The predicted octanol–water partition coefficient (Wildman–Crippen LogP) is 3.71. The number of sulfone groups is 1. The molecule has 3 aromatic rings. The lowest BCUT2D eigenvalue weighted by Gasteiger charge is -2.10. The highest BCUT2D eigenvalue weighted by Crippen LogP contribution is 2.22. The Morgan fingerprint density at radius 3 is 2.19 bits per heavy atom. The summed E-state index contributed by atoms with van der Waals surface area (Å²) in [7, 11) is -3.45. The van der Waals surface area contributed by atoms with Gasteiger partial charge in [-0.25, -0.2) is 8.42 Å². The van der Waals surface area contributed by atoms with Crippen LogP contribution in [0.4, 0.5) is 0 Å². The predicted molar refractivity (Wildman–Crippen MR) is 121 cm³/mol. The molecule has 7 nitrogen and oxygen atoms in total. The van der Waals surface area contributed by atoms with Crippen LogP contribution < -0.4 is 15.6 Å². The van der Waals surface area contributed by atoms with Crippen LogP contribution in [0, 0.1) is 6.92 Å². The quantitative estimate of drug-likeness (QED) is 0.532. The van der Waals surface area contributed by atoms with E-state index in [2.05, 4.69) is 10.9 Å². The number of halogens is 1. The number of ether oxygens (including phenoxy) is 1. The smallest absolute Gasteiger partial charge is 0.269 e. The van der Waals surface area contributed by atoms with Gasteiger partial charge in [0.25, 0.3) is 11.8 Å². The van der Waals surface area contributed by atoms with Crippen LogP contribution >= 0.6 is 11.6 Å². The average molecular weight is 473 g/mol. The van der Waals surface area contributed by atoms with Crippen LogP contribution in [0.2, 0.25) is 5.02 Å². The second kappa shape index (κ2) is 9.84. The third-order valence-corrected chi connectivity index (χ3v) is 6.10. The first-order chi connectivity index (χ1) is 15.1. The monoisotopic (exact) mass is 472 g/mol. The minimum Gasteiger partial charge on any atom is -0.489 e. The van der Waals surface area contributed by atoms with E-state index >= 15 is 0 Å². The molecule has 32 heavy (non-hydrogen) atoms. The molecule has 0 spiro atoms. The van der Waals surface area contributed by atoms with Crippen LogP contribution in [0.3, 0.4) is 0 Å². The summed E-state index contributed by atoms with van der Waals surface area (Å²) in [5.74, 6) is -0.457. The number of rotatable bonds is 6. The summed E-state index contributed by atoms with van der Waals surface area (Å²) in [6.07, 6.45) is 1.05. The number of carbonyl (C=O) groups excluding carboxylic acids is 2. The fourth-order valence-corrected chi connectivity index (χ4v) is 3.54. The maximum Gasteiger partial charge on any atom is 0.269 e. The number of amides is 2. The first-order valence-corrected chi connectivity index (χ1v) is 11.8. The summed E-state index contributed by atoms with van der Waals surface area (Å²) >= 11 is 6.01. The zero-order valence-electron chi connectivity index (χ0n) is 17.4. The summed E-state index contributed by atoms with van der Waals surface area (Å²) in [4.78, 5) is 24.6. The zero-order chi connectivity index (χ0) is 23.3. The average Bonchev–Trinajstić information content (AvgIpc) is 2.78. The maximum absolute atomic E-state index is 12.3. The maximum atomic E-state index is 12.3. The van der Waals surface area contributed by atoms with E-state index in [0.29, 0.717) is 22.9 Å². The number of aryl methyl sites for hydroxylation is 1. The lowest BCUT2D eigenvalue weighted by molar-refractivity contribution is 0.0846. The molecule has 3 rings (SSSR count). The molecule has 0 aromatic heterocycles. The molecule has 0 heterocycles. The number of carbonyl (C=O) groups is 2. The first kappa shape index (κ1) is 23.3. The van der Waals surface area contributed by atoms with Gasteiger partial charge in [0, 0.05) is 22.4 Å². The van der Waals surface area contributed by atoms with Gasteiger partial charge in [0.15, 0.2) is 9.84 Å². The minimum absolute atomic E-state index is 0.0167. The van der Waals surface area contributed by atoms with Gasteiger partial charge in [-0.1, -0.05) is 29.8 Å². The van der Waals surface area contributed by atoms with E-state index < -0.39 is 21.7 Å². The largest absolute Gasteiger partial charge is 0.489 e. The summed E-state index contributed by atoms with van der Waals surface area (Å²) in [5, 5.41) is 0.669. The lowest BCUT2D eigenvalue weighted by atomic mass is 10.1. The Labute approximate surface area is 191 Å². The molecule has 0 aliphatic rings. The fourth-order valence-electron chi connectivity index (χ4n) is 2.75. The fraction of sp³-hybridized carbons (Fsp3) is 0.130. The number of hydrogen-bond donors (Lipinski definition) is 2. The van der Waals surface area contributed by atoms with Gasteiger partial charge in [-0.05, 0) is 66.6 Å². The van der Waals surface area contributed by atoms with Crippen LogP contribution in [0.25, 0.3) is 0 Å². The Balaban J connectivity index is 1.55. The third kappa shape index (κ3) is 6.09. The second-order valence-electron chi connectivity index (χ2n) is 7.10. The van der Waals surface area contributed by atoms with Crippen LogP contribution in [0.5, 0.6) is 5.75 Å². The molecular formula is C23H21ClN2O5S. The summed E-state index contributed by atoms with van der Waals surface area (Å²) in [6.45, 7) is 2.21. The van der Waals surface area contributed by atoms with Gasteiger partial charge in [-0.2, -0.15) is 0 Å². The molecular weight excluding hydrogens is 452 g/mol. The van der Waals surface area contributed by atoms with Crippen molar-refractivity contribution in [2.24, 2.45) is 0 Å². The Bertz CT molecular complexity index is 1260. The van der Waals surface area contributed by atoms with Crippen molar-refractivity contribution in [1.29, 1.82) is 0 Å². The Morgan fingerprint density at radius 2 is 1.56 bits per heavy atom. The normalized spacial score (nSPS) is 11.0. The van der Waals surface area contributed by atoms with E-state index in [-0.39, 0.29) is 10.5 Å². The van der Waals surface area contributed by atoms with Crippen molar-refractivity contribution in [3.63, 3.8) is 0 Å². The van der Waals surface area contributed by atoms with Crippen LogP contribution in [0.1, 0.15) is 31.8 Å². The SMILES string of the molecule is Cc1cc(OCc2ccc(C(=O)NNC(=O)c3cccc(S(C)(=O)=O)c3)cc2)ccc1Cl. The molecule has 0 aliphatic heterocycles. The molecule has 0 aliphatic carbocycles. The number of hydrogen-bond acceptors (Lipinski definition) is 5. The molecule has 0 bridgehead atoms. The van der Waals surface area contributed by atoms with E-state index in [1.165, 1.54) is 24.3 Å². The van der Waals surface area contributed by atoms with Gasteiger partial charge in [-0.15, -0.1) is 0 Å². The Hall–Kier alpha value is -3.36. The van der Waals surface area contributed by atoms with Crippen LogP contribution in [-0.2, 0) is 16.4 Å². The highest BCUT2D eigenvalue weighted by Gasteiger charge is 2.13. The molecule has 0 radical (unpaired) electrons. The van der Waals surface area contributed by atoms with Crippen molar-refractivity contribution in [3.8, 4) is 5.75 Å². The molecule has 3 aromatic carbocycles. The number of benzene rings is 3. The summed E-state index contributed by atoms with van der Waals surface area (Å²) < 4.78 is 29.0. The molecule has 0 saturated heterocycles. The van der Waals surface area contributed by atoms with E-state index in [4.69, 9.17) is 16.3 Å². The summed E-state index contributed by atoms with van der Waals surface area (Å²) in [5.41, 5.74) is 6.81. The number of hydrazine groups is 1. The standard InChI is InChI=1S/C23H21ClN2O5S/c1-15-12-19(10-11-21(15)24)31-14-16-6-8-17(9-7-16)22(27)25-26-23(28)18-4-3-5-20(13-18)32(2,29)30/h3-13H,14H2,1-2H3,(H,25,27)(H,26,28).